The maximum Gasteiger partial charge on any atom is 0.216 e. The van der Waals surface area contributed by atoms with Crippen molar-refractivity contribution in [2.24, 2.45) is 7.05 Å². The van der Waals surface area contributed by atoms with E-state index in [4.69, 9.17) is 11.0 Å². The van der Waals surface area contributed by atoms with Gasteiger partial charge in [-0.2, -0.15) is 4.57 Å². The fourth-order valence-electron chi connectivity index (χ4n) is 6.23. The van der Waals surface area contributed by atoms with Crippen LogP contribution >= 0.6 is 0 Å². The lowest BCUT2D eigenvalue weighted by atomic mass is 9.93. The van der Waals surface area contributed by atoms with Crippen molar-refractivity contribution in [1.82, 2.24) is 0 Å². The number of aryl methyl sites for hydroxylation is 2. The van der Waals surface area contributed by atoms with E-state index in [0.29, 0.717) is 11.6 Å². The standard InChI is InChI=1S/C33H31N2O/c1-20-15-16-26-27-19-21(2)31(34-4)30(24-13-7-6-8-14-24)33(27)36-32(26)29(20)28-18-17-25(22(3)35(28)5)23-11-9-10-12-23/h6-8,13-19,23H,9-12H2,1-3,5H3/q+1. The third-order valence-electron chi connectivity index (χ3n) is 8.23. The Labute approximate surface area is 212 Å². The highest BCUT2D eigenvalue weighted by molar-refractivity contribution is 6.15. The first kappa shape index (κ1) is 22.6. The molecule has 0 spiro atoms. The molecule has 2 aromatic heterocycles. The second kappa shape index (κ2) is 8.64. The average Bonchev–Trinajstić information content (AvgIpc) is 3.54. The van der Waals surface area contributed by atoms with Crippen molar-refractivity contribution in [2.45, 2.75) is 52.4 Å². The topological polar surface area (TPSA) is 21.4 Å². The summed E-state index contributed by atoms with van der Waals surface area (Å²) in [6.07, 6.45) is 5.26. The number of aromatic nitrogens is 1. The SMILES string of the molecule is [C-]#[N+]c1c(C)cc2c(oc3c(-c4ccc(C5CCCC5)c(C)[n+]4C)c(C)ccc32)c1-c1ccccc1. The monoisotopic (exact) mass is 471 g/mol. The van der Waals surface area contributed by atoms with Crippen LogP contribution in [-0.4, -0.2) is 0 Å². The number of nitrogens with zero attached hydrogens (tertiary/aromatic N) is 2. The van der Waals surface area contributed by atoms with Gasteiger partial charge in [-0.3, -0.25) is 0 Å². The molecule has 0 unspecified atom stereocenters. The minimum atomic E-state index is 0.661. The van der Waals surface area contributed by atoms with Crippen molar-refractivity contribution in [3.8, 4) is 22.4 Å². The lowest BCUT2D eigenvalue weighted by Gasteiger charge is -2.14. The van der Waals surface area contributed by atoms with Crippen LogP contribution in [0.4, 0.5) is 5.69 Å². The summed E-state index contributed by atoms with van der Waals surface area (Å²) in [7, 11) is 2.18. The summed E-state index contributed by atoms with van der Waals surface area (Å²) in [6, 6.07) is 21.3. The maximum absolute atomic E-state index is 7.92. The van der Waals surface area contributed by atoms with Crippen molar-refractivity contribution in [2.75, 3.05) is 0 Å². The summed E-state index contributed by atoms with van der Waals surface area (Å²) in [4.78, 5) is 3.92. The Morgan fingerprint density at radius 2 is 1.56 bits per heavy atom. The Hall–Kier alpha value is -3.90. The summed E-state index contributed by atoms with van der Waals surface area (Å²) >= 11 is 0. The lowest BCUT2D eigenvalue weighted by molar-refractivity contribution is -0.667. The van der Waals surface area contributed by atoms with Gasteiger partial charge in [0.15, 0.2) is 5.69 Å². The van der Waals surface area contributed by atoms with E-state index in [1.54, 1.807) is 0 Å². The Morgan fingerprint density at radius 1 is 0.833 bits per heavy atom. The maximum atomic E-state index is 7.92. The van der Waals surface area contributed by atoms with Crippen LogP contribution in [0.3, 0.4) is 0 Å². The molecule has 0 radical (unpaired) electrons. The fraction of sp³-hybridized carbons (Fsp3) is 0.273. The molecule has 3 aromatic carbocycles. The average molecular weight is 472 g/mol. The van der Waals surface area contributed by atoms with Gasteiger partial charge < -0.3 is 4.42 Å². The Morgan fingerprint density at radius 3 is 2.28 bits per heavy atom. The zero-order valence-corrected chi connectivity index (χ0v) is 21.5. The van der Waals surface area contributed by atoms with E-state index < -0.39 is 0 Å². The predicted molar refractivity (Wildman–Crippen MR) is 147 cm³/mol. The molecule has 0 saturated heterocycles. The third kappa shape index (κ3) is 3.36. The summed E-state index contributed by atoms with van der Waals surface area (Å²) < 4.78 is 9.11. The van der Waals surface area contributed by atoms with Crippen molar-refractivity contribution in [3.05, 3.63) is 94.5 Å². The first-order chi connectivity index (χ1) is 17.5. The van der Waals surface area contributed by atoms with E-state index in [1.165, 1.54) is 48.2 Å². The van der Waals surface area contributed by atoms with E-state index in [-0.39, 0.29) is 0 Å². The molecule has 1 aliphatic carbocycles. The number of benzene rings is 3. The van der Waals surface area contributed by atoms with Gasteiger partial charge in [0, 0.05) is 34.9 Å². The molecule has 178 valence electrons. The summed E-state index contributed by atoms with van der Waals surface area (Å²) in [5.74, 6) is 0.678. The number of hydrogen-bond donors (Lipinski definition) is 0. The zero-order chi connectivity index (χ0) is 25.0. The molecule has 5 aromatic rings. The molecular weight excluding hydrogens is 440 g/mol. The molecule has 1 saturated carbocycles. The van der Waals surface area contributed by atoms with E-state index in [0.717, 1.165) is 44.2 Å². The Bertz CT molecular complexity index is 1680. The van der Waals surface area contributed by atoms with E-state index in [2.05, 4.69) is 72.8 Å². The Kier molecular flexibility index (Phi) is 5.41. The molecule has 0 atom stereocenters. The van der Waals surface area contributed by atoms with Crippen LogP contribution in [-0.2, 0) is 7.05 Å². The number of hydrogen-bond acceptors (Lipinski definition) is 1. The summed E-state index contributed by atoms with van der Waals surface area (Å²) in [5.41, 5.74) is 11.5. The molecule has 3 heteroatoms. The van der Waals surface area contributed by atoms with Crippen molar-refractivity contribution >= 4 is 27.6 Å². The van der Waals surface area contributed by atoms with E-state index in [1.807, 2.05) is 25.1 Å². The lowest BCUT2D eigenvalue weighted by Crippen LogP contribution is -2.36. The van der Waals surface area contributed by atoms with Crippen molar-refractivity contribution in [3.63, 3.8) is 0 Å². The van der Waals surface area contributed by atoms with Crippen molar-refractivity contribution < 1.29 is 8.98 Å². The molecule has 3 nitrogen and oxygen atoms in total. The first-order valence-electron chi connectivity index (χ1n) is 12.9. The predicted octanol–water partition coefficient (Wildman–Crippen LogP) is 8.88. The molecule has 1 aliphatic rings. The van der Waals surface area contributed by atoms with E-state index >= 15 is 0 Å². The van der Waals surface area contributed by atoms with Crippen LogP contribution < -0.4 is 4.57 Å². The van der Waals surface area contributed by atoms with Crippen LogP contribution in [0.5, 0.6) is 0 Å². The first-order valence-corrected chi connectivity index (χ1v) is 12.9. The number of rotatable bonds is 3. The zero-order valence-electron chi connectivity index (χ0n) is 21.5. The van der Waals surface area contributed by atoms with Crippen LogP contribution in [0.25, 0.3) is 49.2 Å². The van der Waals surface area contributed by atoms with Crippen LogP contribution in [0.2, 0.25) is 0 Å². The third-order valence-corrected chi connectivity index (χ3v) is 8.23. The largest absolute Gasteiger partial charge is 0.456 e. The minimum absolute atomic E-state index is 0.661. The van der Waals surface area contributed by atoms with Gasteiger partial charge >= 0.3 is 0 Å². The van der Waals surface area contributed by atoms with Crippen LogP contribution in [0.15, 0.2) is 65.1 Å². The molecule has 2 heterocycles. The molecule has 0 amide bonds. The van der Waals surface area contributed by atoms with Crippen LogP contribution in [0, 0.1) is 27.3 Å². The molecule has 36 heavy (non-hydrogen) atoms. The van der Waals surface area contributed by atoms with Gasteiger partial charge in [0.25, 0.3) is 0 Å². The van der Waals surface area contributed by atoms with Gasteiger partial charge in [-0.1, -0.05) is 61.4 Å². The van der Waals surface area contributed by atoms with Crippen molar-refractivity contribution in [1.29, 1.82) is 0 Å². The summed E-state index contributed by atoms with van der Waals surface area (Å²) in [6.45, 7) is 14.4. The minimum Gasteiger partial charge on any atom is -0.456 e. The highest BCUT2D eigenvalue weighted by Gasteiger charge is 2.28. The number of fused-ring (bicyclic) bond motifs is 3. The highest BCUT2D eigenvalue weighted by Crippen LogP contribution is 2.46. The molecule has 6 rings (SSSR count). The normalized spacial score (nSPS) is 14.1. The Balaban J connectivity index is 1.66. The number of furan rings is 1. The van der Waals surface area contributed by atoms with Crippen LogP contribution in [0.1, 0.15) is 54.0 Å². The smallest absolute Gasteiger partial charge is 0.216 e. The van der Waals surface area contributed by atoms with Gasteiger partial charge in [0.05, 0.1) is 12.1 Å². The van der Waals surface area contributed by atoms with Gasteiger partial charge in [0.2, 0.25) is 11.4 Å². The molecule has 0 bridgehead atoms. The second-order valence-electron chi connectivity index (χ2n) is 10.3. The van der Waals surface area contributed by atoms with Gasteiger partial charge in [-0.15, -0.1) is 0 Å². The van der Waals surface area contributed by atoms with Gasteiger partial charge in [-0.25, -0.2) is 4.85 Å². The highest BCUT2D eigenvalue weighted by atomic mass is 16.3. The number of pyridine rings is 1. The van der Waals surface area contributed by atoms with Gasteiger partial charge in [0.1, 0.15) is 18.2 Å². The fourth-order valence-corrected chi connectivity index (χ4v) is 6.23. The van der Waals surface area contributed by atoms with Gasteiger partial charge in [-0.05, 0) is 55.4 Å². The van der Waals surface area contributed by atoms with E-state index in [9.17, 15) is 0 Å². The summed E-state index contributed by atoms with van der Waals surface area (Å²) in [5, 5.41) is 2.16. The molecule has 0 N–H and O–H groups in total. The quantitative estimate of drug-likeness (QED) is 0.190. The second-order valence-corrected chi connectivity index (χ2v) is 10.3. The molecular formula is C33H31N2O+. The molecule has 0 aliphatic heterocycles. The molecule has 1 fully saturated rings.